The number of ether oxygens (including phenoxy) is 1. The van der Waals surface area contributed by atoms with Gasteiger partial charge >= 0.3 is 0 Å². The fraction of sp³-hybridized carbons (Fsp3) is 0.727. The van der Waals surface area contributed by atoms with E-state index < -0.39 is 0 Å². The van der Waals surface area contributed by atoms with Gasteiger partial charge in [-0.25, -0.2) is 0 Å². The summed E-state index contributed by atoms with van der Waals surface area (Å²) in [4.78, 5) is 13.3. The number of carbonyl (C=O) groups is 1. The minimum atomic E-state index is -0.252. The van der Waals surface area contributed by atoms with Gasteiger partial charge in [0.15, 0.2) is 5.76 Å². The molecular weight excluding hydrogens is 194 g/mol. The molecule has 0 aromatic heterocycles. The van der Waals surface area contributed by atoms with Crippen LogP contribution in [0.15, 0.2) is 11.8 Å². The average Bonchev–Trinajstić information content (AvgIpc) is 2.82. The quantitative estimate of drug-likeness (QED) is 0.763. The van der Waals surface area contributed by atoms with Crippen LogP contribution >= 0.6 is 0 Å². The van der Waals surface area contributed by atoms with Crippen LogP contribution in [0.2, 0.25) is 0 Å². The Balaban J connectivity index is 1.98. The molecule has 1 fully saturated rings. The lowest BCUT2D eigenvalue weighted by Crippen LogP contribution is -2.39. The van der Waals surface area contributed by atoms with Gasteiger partial charge in [0.05, 0.1) is 12.1 Å². The highest BCUT2D eigenvalue weighted by molar-refractivity contribution is 5.94. The van der Waals surface area contributed by atoms with Crippen LogP contribution in [0.5, 0.6) is 0 Å². The van der Waals surface area contributed by atoms with Crippen molar-refractivity contribution in [1.82, 2.24) is 4.90 Å². The summed E-state index contributed by atoms with van der Waals surface area (Å²) < 4.78 is 5.49. The zero-order valence-corrected chi connectivity index (χ0v) is 8.98. The van der Waals surface area contributed by atoms with Gasteiger partial charge < -0.3 is 14.7 Å². The molecule has 4 nitrogen and oxygen atoms in total. The molecule has 0 aliphatic carbocycles. The number of aliphatic hydroxyl groups excluding tert-OH is 1. The van der Waals surface area contributed by atoms with Crippen LogP contribution in [-0.4, -0.2) is 41.2 Å². The predicted molar refractivity (Wildman–Crippen MR) is 55.5 cm³/mol. The van der Waals surface area contributed by atoms with E-state index in [4.69, 9.17) is 4.74 Å². The van der Waals surface area contributed by atoms with E-state index >= 15 is 0 Å². The standard InChI is InChI=1S/C11H17NO3/c1-2-8-6-10(13)11(14)12(8)7-9-4-3-5-15-9/h6,8-9,13H,2-5,7H2,1H3/t8?,9-/m1/s1. The molecule has 0 bridgehead atoms. The van der Waals surface area contributed by atoms with Crippen molar-refractivity contribution in [1.29, 1.82) is 0 Å². The van der Waals surface area contributed by atoms with Crippen molar-refractivity contribution in [3.8, 4) is 0 Å². The second kappa shape index (κ2) is 4.23. The maximum atomic E-state index is 11.6. The van der Waals surface area contributed by atoms with Crippen molar-refractivity contribution in [3.63, 3.8) is 0 Å². The zero-order valence-electron chi connectivity index (χ0n) is 8.98. The van der Waals surface area contributed by atoms with Gasteiger partial charge in [-0.15, -0.1) is 0 Å². The smallest absolute Gasteiger partial charge is 0.289 e. The topological polar surface area (TPSA) is 49.8 Å². The highest BCUT2D eigenvalue weighted by Gasteiger charge is 2.33. The molecular formula is C11H17NO3. The van der Waals surface area contributed by atoms with Crippen LogP contribution in [0, 0.1) is 0 Å². The van der Waals surface area contributed by atoms with Gasteiger partial charge in [0, 0.05) is 13.2 Å². The average molecular weight is 211 g/mol. The SMILES string of the molecule is CCC1C=C(O)C(=O)N1C[C@H]1CCCO1. The molecule has 1 unspecified atom stereocenters. The third-order valence-corrected chi connectivity index (χ3v) is 3.07. The number of carbonyl (C=O) groups excluding carboxylic acids is 1. The second-order valence-corrected chi connectivity index (χ2v) is 4.12. The van der Waals surface area contributed by atoms with Gasteiger partial charge in [-0.3, -0.25) is 4.79 Å². The van der Waals surface area contributed by atoms with Crippen LogP contribution in [0.25, 0.3) is 0 Å². The Kier molecular flexibility index (Phi) is 2.95. The van der Waals surface area contributed by atoms with Gasteiger partial charge in [-0.05, 0) is 25.3 Å². The van der Waals surface area contributed by atoms with Crippen molar-refractivity contribution in [2.75, 3.05) is 13.2 Å². The molecule has 2 aliphatic heterocycles. The van der Waals surface area contributed by atoms with Crippen molar-refractivity contribution in [3.05, 3.63) is 11.8 Å². The van der Waals surface area contributed by atoms with Crippen LogP contribution < -0.4 is 0 Å². The first-order valence-electron chi connectivity index (χ1n) is 5.55. The Labute approximate surface area is 89.5 Å². The molecule has 2 aliphatic rings. The number of amides is 1. The lowest BCUT2D eigenvalue weighted by atomic mass is 10.2. The fourth-order valence-corrected chi connectivity index (χ4v) is 2.21. The number of hydrogen-bond donors (Lipinski definition) is 1. The molecule has 2 rings (SSSR count). The molecule has 1 amide bonds. The van der Waals surface area contributed by atoms with Gasteiger partial charge in [-0.1, -0.05) is 6.92 Å². The summed E-state index contributed by atoms with van der Waals surface area (Å²) in [6.07, 6.45) is 4.71. The maximum Gasteiger partial charge on any atom is 0.289 e. The van der Waals surface area contributed by atoms with E-state index in [9.17, 15) is 9.90 Å². The first-order chi connectivity index (χ1) is 7.22. The lowest BCUT2D eigenvalue weighted by Gasteiger charge is -2.25. The summed E-state index contributed by atoms with van der Waals surface area (Å²) in [7, 11) is 0. The first-order valence-corrected chi connectivity index (χ1v) is 5.55. The number of aliphatic hydroxyl groups is 1. The molecule has 1 N–H and O–H groups in total. The zero-order chi connectivity index (χ0) is 10.8. The Morgan fingerprint density at radius 2 is 2.47 bits per heavy atom. The summed E-state index contributed by atoms with van der Waals surface area (Å²) in [5.74, 6) is -0.364. The summed E-state index contributed by atoms with van der Waals surface area (Å²) in [5.41, 5.74) is 0. The minimum absolute atomic E-state index is 0.0432. The van der Waals surface area contributed by atoms with E-state index in [1.54, 1.807) is 11.0 Å². The Bertz CT molecular complexity index is 282. The van der Waals surface area contributed by atoms with Gasteiger partial charge in [-0.2, -0.15) is 0 Å². The van der Waals surface area contributed by atoms with E-state index in [1.807, 2.05) is 6.92 Å². The number of rotatable bonds is 3. The largest absolute Gasteiger partial charge is 0.503 e. The molecule has 0 saturated carbocycles. The summed E-state index contributed by atoms with van der Waals surface area (Å²) in [5, 5.41) is 9.37. The first kappa shape index (κ1) is 10.5. The van der Waals surface area contributed by atoms with Crippen LogP contribution in [0.4, 0.5) is 0 Å². The van der Waals surface area contributed by atoms with Crippen molar-refractivity contribution >= 4 is 5.91 Å². The third kappa shape index (κ3) is 2.00. The van der Waals surface area contributed by atoms with Crippen LogP contribution in [0.1, 0.15) is 26.2 Å². The van der Waals surface area contributed by atoms with Crippen molar-refractivity contribution < 1.29 is 14.6 Å². The third-order valence-electron chi connectivity index (χ3n) is 3.07. The van der Waals surface area contributed by atoms with Crippen LogP contribution in [-0.2, 0) is 9.53 Å². The van der Waals surface area contributed by atoms with E-state index in [0.29, 0.717) is 6.54 Å². The maximum absolute atomic E-state index is 11.6. The van der Waals surface area contributed by atoms with Crippen molar-refractivity contribution in [2.45, 2.75) is 38.3 Å². The molecule has 0 aromatic carbocycles. The van der Waals surface area contributed by atoms with Gasteiger partial charge in [0.25, 0.3) is 5.91 Å². The normalized spacial score (nSPS) is 31.1. The van der Waals surface area contributed by atoms with E-state index in [-0.39, 0.29) is 23.8 Å². The Hall–Kier alpha value is -1.03. The summed E-state index contributed by atoms with van der Waals surface area (Å²) >= 11 is 0. The monoisotopic (exact) mass is 211 g/mol. The van der Waals surface area contributed by atoms with E-state index in [0.717, 1.165) is 25.9 Å². The van der Waals surface area contributed by atoms with Crippen LogP contribution in [0.3, 0.4) is 0 Å². The molecule has 0 aromatic rings. The minimum Gasteiger partial charge on any atom is -0.503 e. The molecule has 1 saturated heterocycles. The Morgan fingerprint density at radius 3 is 3.07 bits per heavy atom. The second-order valence-electron chi connectivity index (χ2n) is 4.12. The molecule has 2 heterocycles. The predicted octanol–water partition coefficient (Wildman–Crippen LogP) is 1.23. The Morgan fingerprint density at radius 1 is 1.67 bits per heavy atom. The molecule has 84 valence electrons. The molecule has 2 atom stereocenters. The number of nitrogens with zero attached hydrogens (tertiary/aromatic N) is 1. The van der Waals surface area contributed by atoms with Crippen molar-refractivity contribution in [2.24, 2.45) is 0 Å². The lowest BCUT2D eigenvalue weighted by molar-refractivity contribution is -0.130. The highest BCUT2D eigenvalue weighted by atomic mass is 16.5. The van der Waals surface area contributed by atoms with Gasteiger partial charge in [0.2, 0.25) is 0 Å². The highest BCUT2D eigenvalue weighted by Crippen LogP contribution is 2.22. The van der Waals surface area contributed by atoms with E-state index in [1.165, 1.54) is 0 Å². The molecule has 0 spiro atoms. The summed E-state index contributed by atoms with van der Waals surface area (Å²) in [6.45, 7) is 3.41. The van der Waals surface area contributed by atoms with E-state index in [2.05, 4.69) is 0 Å². The molecule has 4 heteroatoms. The number of hydrogen-bond acceptors (Lipinski definition) is 3. The van der Waals surface area contributed by atoms with Gasteiger partial charge in [0.1, 0.15) is 0 Å². The fourth-order valence-electron chi connectivity index (χ4n) is 2.21. The molecule has 0 radical (unpaired) electrons. The summed E-state index contributed by atoms with van der Waals surface area (Å²) in [6, 6.07) is 0.0432. The molecule has 15 heavy (non-hydrogen) atoms.